The third-order valence-corrected chi connectivity index (χ3v) is 6.31. The summed E-state index contributed by atoms with van der Waals surface area (Å²) in [6, 6.07) is 32.7. The topological polar surface area (TPSA) is 0 Å². The molecule has 0 spiro atoms. The van der Waals surface area contributed by atoms with Crippen molar-refractivity contribution in [3.05, 3.63) is 124 Å². The smallest absolute Gasteiger partial charge is 1.00 e. The minimum atomic E-state index is 0. The number of hydrogen-bond acceptors (Lipinski definition) is 0. The summed E-state index contributed by atoms with van der Waals surface area (Å²) in [6.07, 6.45) is 0. The van der Waals surface area contributed by atoms with Crippen LogP contribution in [-0.4, -0.2) is 0 Å². The molecule has 0 amide bonds. The second kappa shape index (κ2) is 20.1. The molecule has 0 atom stereocenters. The van der Waals surface area contributed by atoms with Gasteiger partial charge in [0.15, 0.2) is 0 Å². The van der Waals surface area contributed by atoms with Gasteiger partial charge in [0.25, 0.3) is 0 Å². The third kappa shape index (κ3) is 11.3. The van der Waals surface area contributed by atoms with E-state index in [0.717, 1.165) is 0 Å². The van der Waals surface area contributed by atoms with Crippen LogP contribution in [0.1, 0.15) is 33.4 Å². The van der Waals surface area contributed by atoms with Gasteiger partial charge in [-0.05, 0) is 41.5 Å². The molecular formula is C33H33Br3Ti3. The predicted octanol–water partition coefficient (Wildman–Crippen LogP) is 0.531. The fourth-order valence-corrected chi connectivity index (χ4v) is 4.88. The van der Waals surface area contributed by atoms with Crippen molar-refractivity contribution < 1.29 is 116 Å². The Kier molecular flexibility index (Phi) is 22.4. The van der Waals surface area contributed by atoms with E-state index >= 15 is 0 Å². The van der Waals surface area contributed by atoms with Gasteiger partial charge in [0, 0.05) is 0 Å². The van der Waals surface area contributed by atoms with E-state index in [1.807, 2.05) is 0 Å². The standard InChI is InChI=1S/3C11H11.3BrH.3Ti/c3*1-8-6-9(2)11-5-3-4-10(11)7-8;;;;;;/h3*3-7H,1-2H3;3*1H;;;/q3*-1;;;;3*+2/p-3. The Hall–Kier alpha value is 0.0729. The number of hydrogen-bond donors (Lipinski definition) is 0. The summed E-state index contributed by atoms with van der Waals surface area (Å²) in [6.45, 7) is 12.9. The zero-order valence-corrected chi connectivity index (χ0v) is 32.7. The van der Waals surface area contributed by atoms with Crippen LogP contribution in [0.15, 0.2) is 91.0 Å². The molecule has 0 N–H and O–H groups in total. The van der Waals surface area contributed by atoms with Gasteiger partial charge in [-0.25, -0.2) is 0 Å². The molecule has 0 radical (unpaired) electrons. The monoisotopic (exact) mass is 810 g/mol. The summed E-state index contributed by atoms with van der Waals surface area (Å²) in [7, 11) is 0. The maximum Gasteiger partial charge on any atom is 2.00 e. The zero-order chi connectivity index (χ0) is 23.5. The maximum absolute atomic E-state index is 2.22. The van der Waals surface area contributed by atoms with Gasteiger partial charge >= 0.3 is 65.2 Å². The average Bonchev–Trinajstić information content (AvgIpc) is 3.48. The van der Waals surface area contributed by atoms with Gasteiger partial charge in [0.2, 0.25) is 0 Å². The van der Waals surface area contributed by atoms with E-state index in [2.05, 4.69) is 133 Å². The Morgan fingerprint density at radius 3 is 0.846 bits per heavy atom. The Balaban J connectivity index is -0.000000463. The van der Waals surface area contributed by atoms with E-state index in [1.165, 1.54) is 65.7 Å². The molecule has 0 aliphatic rings. The van der Waals surface area contributed by atoms with Crippen LogP contribution < -0.4 is 50.9 Å². The van der Waals surface area contributed by atoms with Gasteiger partial charge in [-0.1, -0.05) is 51.6 Å². The number of rotatable bonds is 0. The first kappa shape index (κ1) is 43.5. The summed E-state index contributed by atoms with van der Waals surface area (Å²) in [5.74, 6) is 0. The second-order valence-corrected chi connectivity index (χ2v) is 9.33. The molecule has 6 aromatic rings. The number of aryl methyl sites for hydroxylation is 6. The van der Waals surface area contributed by atoms with Gasteiger partial charge in [0.05, 0.1) is 0 Å². The molecule has 198 valence electrons. The minimum absolute atomic E-state index is 0. The average molecular weight is 813 g/mol. The van der Waals surface area contributed by atoms with Crippen LogP contribution in [-0.2, 0) is 65.2 Å². The predicted molar refractivity (Wildman–Crippen MR) is 147 cm³/mol. The normalized spacial score (nSPS) is 9.08. The maximum atomic E-state index is 2.22. The number of benzene rings is 3. The minimum Gasteiger partial charge on any atom is -1.00 e. The first-order valence-corrected chi connectivity index (χ1v) is 11.7. The van der Waals surface area contributed by atoms with Gasteiger partial charge in [-0.3, -0.25) is 0 Å². The molecule has 0 fully saturated rings. The van der Waals surface area contributed by atoms with E-state index in [9.17, 15) is 0 Å². The van der Waals surface area contributed by atoms with Crippen molar-refractivity contribution in [3.8, 4) is 0 Å². The van der Waals surface area contributed by atoms with Gasteiger partial charge in [0.1, 0.15) is 0 Å². The molecular weight excluding hydrogens is 780 g/mol. The molecule has 39 heavy (non-hydrogen) atoms. The Labute approximate surface area is 310 Å². The summed E-state index contributed by atoms with van der Waals surface area (Å²) in [4.78, 5) is 0. The summed E-state index contributed by atoms with van der Waals surface area (Å²) >= 11 is 0. The van der Waals surface area contributed by atoms with Crippen molar-refractivity contribution in [1.29, 1.82) is 0 Å². The molecule has 0 aliphatic heterocycles. The molecule has 0 saturated heterocycles. The van der Waals surface area contributed by atoms with Crippen LogP contribution in [0.5, 0.6) is 0 Å². The van der Waals surface area contributed by atoms with E-state index in [4.69, 9.17) is 0 Å². The molecule has 0 bridgehead atoms. The number of fused-ring (bicyclic) bond motifs is 3. The van der Waals surface area contributed by atoms with Crippen molar-refractivity contribution in [2.75, 3.05) is 0 Å². The Morgan fingerprint density at radius 2 is 0.615 bits per heavy atom. The molecule has 0 saturated carbocycles. The van der Waals surface area contributed by atoms with E-state index < -0.39 is 0 Å². The molecule has 0 aliphatic carbocycles. The second-order valence-electron chi connectivity index (χ2n) is 9.33. The molecule has 0 aromatic heterocycles. The van der Waals surface area contributed by atoms with Gasteiger partial charge in [-0.2, -0.15) is 36.4 Å². The van der Waals surface area contributed by atoms with Crippen LogP contribution >= 0.6 is 0 Å². The van der Waals surface area contributed by atoms with E-state index in [0.29, 0.717) is 0 Å². The van der Waals surface area contributed by atoms with Crippen molar-refractivity contribution in [1.82, 2.24) is 0 Å². The fraction of sp³-hybridized carbons (Fsp3) is 0.182. The van der Waals surface area contributed by atoms with E-state index in [-0.39, 0.29) is 116 Å². The van der Waals surface area contributed by atoms with Crippen LogP contribution in [0.3, 0.4) is 0 Å². The van der Waals surface area contributed by atoms with Crippen molar-refractivity contribution >= 4 is 32.3 Å². The van der Waals surface area contributed by atoms with Crippen molar-refractivity contribution in [2.24, 2.45) is 0 Å². The molecule has 6 heteroatoms. The Morgan fingerprint density at radius 1 is 0.385 bits per heavy atom. The fourth-order valence-electron chi connectivity index (χ4n) is 4.88. The first-order chi connectivity index (χ1) is 15.8. The van der Waals surface area contributed by atoms with Crippen LogP contribution in [0, 0.1) is 41.5 Å². The van der Waals surface area contributed by atoms with Crippen molar-refractivity contribution in [3.63, 3.8) is 0 Å². The summed E-state index contributed by atoms with van der Waals surface area (Å²) in [5.41, 5.74) is 8.18. The summed E-state index contributed by atoms with van der Waals surface area (Å²) in [5, 5.41) is 8.24. The van der Waals surface area contributed by atoms with Gasteiger partial charge in [-0.15, -0.1) is 68.7 Å². The molecule has 0 unspecified atom stereocenters. The van der Waals surface area contributed by atoms with Crippen LogP contribution in [0.2, 0.25) is 0 Å². The quantitative estimate of drug-likeness (QED) is 0.155. The largest absolute Gasteiger partial charge is 2.00 e. The zero-order valence-electron chi connectivity index (χ0n) is 23.3. The first-order valence-electron chi connectivity index (χ1n) is 11.7. The third-order valence-electron chi connectivity index (χ3n) is 6.31. The van der Waals surface area contributed by atoms with Crippen LogP contribution in [0.4, 0.5) is 0 Å². The van der Waals surface area contributed by atoms with Crippen LogP contribution in [0.25, 0.3) is 32.3 Å². The molecule has 6 rings (SSSR count). The van der Waals surface area contributed by atoms with Gasteiger partial charge < -0.3 is 50.9 Å². The van der Waals surface area contributed by atoms with E-state index in [1.54, 1.807) is 0 Å². The van der Waals surface area contributed by atoms with Crippen molar-refractivity contribution in [2.45, 2.75) is 41.5 Å². The molecule has 6 aromatic carbocycles. The SMILES string of the molecule is Cc1cc(C)c2cc[cH-]c2c1.Cc1cc(C)c2cc[cH-]c2c1.Cc1cc(C)c2cc[cH-]c2c1.[Br-].[Br-].[Br-].[Ti+2].[Ti+2].[Ti+2]. The number of halogens is 3. The molecule has 0 nitrogen and oxygen atoms in total. The molecule has 0 heterocycles. The Bertz CT molecular complexity index is 1360. The summed E-state index contributed by atoms with van der Waals surface area (Å²) < 4.78 is 0.